The molecule has 4 heterocycles. The molecule has 4 aromatic heterocycles. The minimum absolute atomic E-state index is 0.574. The van der Waals surface area contributed by atoms with Gasteiger partial charge in [0.25, 0.3) is 0 Å². The highest BCUT2D eigenvalue weighted by atomic mass is 32.1. The average molecular weight is 763 g/mol. The van der Waals surface area contributed by atoms with E-state index in [0.29, 0.717) is 33.2 Å². The molecule has 0 atom stereocenters. The first-order chi connectivity index (χ1) is 23.7. The molecule has 0 amide bonds. The second-order valence-electron chi connectivity index (χ2n) is 16.2. The Morgan fingerprint density at radius 2 is 0.760 bits per heavy atom. The molecule has 0 N–H and O–H groups in total. The van der Waals surface area contributed by atoms with Gasteiger partial charge in [-0.15, -0.1) is 56.4 Å². The first kappa shape index (κ1) is 36.0. The summed E-state index contributed by atoms with van der Waals surface area (Å²) in [4.78, 5) is 0. The third-order valence-corrected chi connectivity index (χ3v) is 29.3. The SMILES string of the molecule is CC(C)[Si](C#Cc1c2sc3c(ccc4ccsc43)c2c(C#C[Si](C(C)C)(C(C)C)C(C)C)c2sc3c(ccc4ccsc43)c12)(C(C)C)C(C)C. The largest absolute Gasteiger partial charge is 0.146 e. The van der Waals surface area contributed by atoms with E-state index in [1.807, 2.05) is 45.3 Å². The van der Waals surface area contributed by atoms with Crippen LogP contribution in [0, 0.1) is 22.9 Å². The van der Waals surface area contributed by atoms with Gasteiger partial charge in [0.05, 0.1) is 39.3 Å². The zero-order valence-corrected chi connectivity index (χ0v) is 37.0. The molecule has 50 heavy (non-hydrogen) atoms. The lowest BCUT2D eigenvalue weighted by Crippen LogP contribution is -2.43. The summed E-state index contributed by atoms with van der Waals surface area (Å²) in [5, 5.41) is 12.5. The van der Waals surface area contributed by atoms with Crippen LogP contribution in [0.1, 0.15) is 94.2 Å². The molecule has 0 fully saturated rings. The fraction of sp³-hybridized carbons (Fsp3) is 0.409. The highest BCUT2D eigenvalue weighted by Gasteiger charge is 2.43. The number of thiophene rings is 4. The van der Waals surface area contributed by atoms with Crippen LogP contribution in [-0.4, -0.2) is 16.1 Å². The Kier molecular flexibility index (Phi) is 9.50. The van der Waals surface area contributed by atoms with Gasteiger partial charge in [0.15, 0.2) is 0 Å². The molecular formula is C44H50S4Si2. The Morgan fingerprint density at radius 1 is 0.420 bits per heavy atom. The fourth-order valence-corrected chi connectivity index (χ4v) is 24.8. The lowest BCUT2D eigenvalue weighted by Gasteiger charge is -2.38. The van der Waals surface area contributed by atoms with Crippen molar-refractivity contribution in [2.24, 2.45) is 0 Å². The van der Waals surface area contributed by atoms with Gasteiger partial charge in [0.1, 0.15) is 16.1 Å². The second-order valence-corrected chi connectivity index (χ2v) is 31.3. The molecule has 0 aliphatic rings. The molecule has 258 valence electrons. The summed E-state index contributed by atoms with van der Waals surface area (Å²) in [5.74, 6) is 8.18. The van der Waals surface area contributed by atoms with Crippen LogP contribution < -0.4 is 0 Å². The molecule has 0 nitrogen and oxygen atoms in total. The van der Waals surface area contributed by atoms with Gasteiger partial charge in [-0.2, -0.15) is 0 Å². The van der Waals surface area contributed by atoms with Crippen molar-refractivity contribution >= 4 is 122 Å². The minimum atomic E-state index is -2.00. The molecule has 0 bridgehead atoms. The van der Waals surface area contributed by atoms with E-state index in [9.17, 15) is 0 Å². The van der Waals surface area contributed by atoms with Crippen LogP contribution in [0.4, 0.5) is 0 Å². The molecular weight excluding hydrogens is 713 g/mol. The molecule has 0 unspecified atom stereocenters. The van der Waals surface area contributed by atoms with Crippen molar-refractivity contribution in [3.8, 4) is 22.9 Å². The summed E-state index contributed by atoms with van der Waals surface area (Å²) in [6, 6.07) is 14.0. The van der Waals surface area contributed by atoms with Gasteiger partial charge in [-0.3, -0.25) is 0 Å². The first-order valence-corrected chi connectivity index (χ1v) is 26.3. The molecule has 0 spiro atoms. The summed E-state index contributed by atoms with van der Waals surface area (Å²) in [6.07, 6.45) is 0. The van der Waals surface area contributed by atoms with Crippen molar-refractivity contribution in [2.45, 2.75) is 116 Å². The summed E-state index contributed by atoms with van der Waals surface area (Å²) in [5.41, 5.74) is 14.3. The van der Waals surface area contributed by atoms with E-state index in [2.05, 4.69) is 153 Å². The van der Waals surface area contributed by atoms with E-state index >= 15 is 0 Å². The number of hydrogen-bond acceptors (Lipinski definition) is 4. The first-order valence-electron chi connectivity index (χ1n) is 18.4. The fourth-order valence-electron chi connectivity index (χ4n) is 9.68. The summed E-state index contributed by atoms with van der Waals surface area (Å²) in [6.45, 7) is 29.2. The number of fused-ring (bicyclic) bond motifs is 10. The molecule has 0 aliphatic carbocycles. The predicted octanol–water partition coefficient (Wildman–Crippen LogP) is 16.0. The third kappa shape index (κ3) is 5.23. The molecule has 0 saturated carbocycles. The average Bonchev–Trinajstić information content (AvgIpc) is 3.84. The van der Waals surface area contributed by atoms with Crippen molar-refractivity contribution in [1.29, 1.82) is 0 Å². The number of benzene rings is 3. The lowest BCUT2D eigenvalue weighted by atomic mass is 9.98. The van der Waals surface area contributed by atoms with E-state index in [1.165, 1.54) is 71.6 Å². The van der Waals surface area contributed by atoms with Crippen LogP contribution in [0.3, 0.4) is 0 Å². The van der Waals surface area contributed by atoms with E-state index in [0.717, 1.165) is 0 Å². The molecule has 3 aromatic carbocycles. The Balaban J connectivity index is 1.74. The molecule has 7 aromatic rings. The lowest BCUT2D eigenvalue weighted by molar-refractivity contribution is 0.838. The van der Waals surface area contributed by atoms with Crippen LogP contribution in [-0.2, 0) is 0 Å². The van der Waals surface area contributed by atoms with Gasteiger partial charge in [-0.05, 0) is 66.9 Å². The van der Waals surface area contributed by atoms with E-state index < -0.39 is 16.1 Å². The third-order valence-electron chi connectivity index (χ3n) is 12.0. The van der Waals surface area contributed by atoms with E-state index in [4.69, 9.17) is 0 Å². The smallest absolute Gasteiger partial charge is 0.142 e. The van der Waals surface area contributed by atoms with E-state index in [-0.39, 0.29) is 0 Å². The Bertz CT molecular complexity index is 2320. The monoisotopic (exact) mass is 762 g/mol. The maximum absolute atomic E-state index is 4.19. The summed E-state index contributed by atoms with van der Waals surface area (Å²) < 4.78 is 8.23. The van der Waals surface area contributed by atoms with Gasteiger partial charge in [-0.25, -0.2) is 0 Å². The molecule has 0 aliphatic heterocycles. The van der Waals surface area contributed by atoms with Crippen LogP contribution in [0.15, 0.2) is 47.2 Å². The quantitative estimate of drug-likeness (QED) is 0.117. The zero-order chi connectivity index (χ0) is 35.9. The van der Waals surface area contributed by atoms with Gasteiger partial charge in [0, 0.05) is 21.5 Å². The van der Waals surface area contributed by atoms with Crippen molar-refractivity contribution < 1.29 is 0 Å². The van der Waals surface area contributed by atoms with Gasteiger partial charge >= 0.3 is 0 Å². The van der Waals surface area contributed by atoms with Crippen LogP contribution >= 0.6 is 45.3 Å². The van der Waals surface area contributed by atoms with E-state index in [1.54, 1.807) is 0 Å². The molecule has 0 saturated heterocycles. The maximum Gasteiger partial charge on any atom is 0.146 e. The summed E-state index contributed by atoms with van der Waals surface area (Å²) in [7, 11) is -4.00. The van der Waals surface area contributed by atoms with Crippen LogP contribution in [0.25, 0.3) is 60.5 Å². The number of hydrogen-bond donors (Lipinski definition) is 0. The van der Waals surface area contributed by atoms with Gasteiger partial charge in [-0.1, -0.05) is 119 Å². The van der Waals surface area contributed by atoms with Gasteiger partial charge in [0.2, 0.25) is 0 Å². The normalized spacial score (nSPS) is 13.2. The zero-order valence-electron chi connectivity index (χ0n) is 31.7. The number of rotatable bonds is 6. The molecule has 0 radical (unpaired) electrons. The Labute approximate surface area is 317 Å². The summed E-state index contributed by atoms with van der Waals surface area (Å²) >= 11 is 7.68. The van der Waals surface area contributed by atoms with Crippen molar-refractivity contribution in [1.82, 2.24) is 0 Å². The Morgan fingerprint density at radius 3 is 1.08 bits per heavy atom. The topological polar surface area (TPSA) is 0 Å². The maximum atomic E-state index is 4.19. The minimum Gasteiger partial charge on any atom is -0.142 e. The highest BCUT2D eigenvalue weighted by molar-refractivity contribution is 7.32. The molecule has 7 rings (SSSR count). The van der Waals surface area contributed by atoms with Crippen molar-refractivity contribution in [2.75, 3.05) is 0 Å². The second kappa shape index (κ2) is 13.2. The van der Waals surface area contributed by atoms with Crippen molar-refractivity contribution in [3.63, 3.8) is 0 Å². The van der Waals surface area contributed by atoms with Crippen LogP contribution in [0.2, 0.25) is 33.2 Å². The van der Waals surface area contributed by atoms with Crippen LogP contribution in [0.5, 0.6) is 0 Å². The highest BCUT2D eigenvalue weighted by Crippen LogP contribution is 2.51. The van der Waals surface area contributed by atoms with Gasteiger partial charge < -0.3 is 0 Å². The molecule has 6 heteroatoms. The predicted molar refractivity (Wildman–Crippen MR) is 239 cm³/mol. The standard InChI is InChI=1S/C44H50S4Si2/c1-25(2)49(26(3)4,27(5)6)23-19-35-37-33-15-13-31-17-21-45-39(31)43(33)48-42(37)36(20-24-50(28(7)8,29(9)10)30(11)12)38-34-16-14-32-18-22-46-40(32)44(34)47-41(35)38/h13-18,21-22,25-30H,1-12H3. The van der Waals surface area contributed by atoms with Crippen molar-refractivity contribution in [3.05, 3.63) is 58.3 Å². The Hall–Kier alpha value is -2.43.